The summed E-state index contributed by atoms with van der Waals surface area (Å²) in [5.74, 6) is 2.25. The molecule has 2 aromatic carbocycles. The molecule has 1 heterocycles. The molecule has 25 heavy (non-hydrogen) atoms. The van der Waals surface area contributed by atoms with Crippen molar-refractivity contribution in [1.29, 1.82) is 0 Å². The lowest BCUT2D eigenvalue weighted by Crippen LogP contribution is -2.12. The fraction of sp³-hybridized carbons (Fsp3) is 0.182. The van der Waals surface area contributed by atoms with Crippen LogP contribution in [-0.4, -0.2) is 17.6 Å². The Kier molecular flexibility index (Phi) is 3.95. The lowest BCUT2D eigenvalue weighted by atomic mass is 9.96. The first kappa shape index (κ1) is 15.4. The first-order chi connectivity index (χ1) is 12.3. The van der Waals surface area contributed by atoms with E-state index in [1.165, 1.54) is 11.1 Å². The summed E-state index contributed by atoms with van der Waals surface area (Å²) in [6.45, 7) is -0.0375. The molecule has 1 atom stereocenters. The number of terminal acetylenes is 1. The van der Waals surface area contributed by atoms with Gasteiger partial charge in [-0.1, -0.05) is 54.5 Å². The van der Waals surface area contributed by atoms with E-state index in [0.717, 1.165) is 29.3 Å². The standard InChI is InChI=1S/C22H17NO2/c1-2-12-25-22(24)21-19-14-16(15-8-4-3-5-9-15)13-18(19)17-10-6-7-11-20(17)23-21/h1,3-11,16H,12-14H2/t16-/m1/s1. The Morgan fingerprint density at radius 1 is 1.08 bits per heavy atom. The Hall–Kier alpha value is -3.12. The van der Waals surface area contributed by atoms with Crippen molar-refractivity contribution in [2.45, 2.75) is 18.8 Å². The topological polar surface area (TPSA) is 39.2 Å². The molecule has 0 amide bonds. The number of ether oxygens (including phenoxy) is 1. The minimum absolute atomic E-state index is 0.0375. The molecule has 4 rings (SSSR count). The molecule has 0 fully saturated rings. The van der Waals surface area contributed by atoms with Gasteiger partial charge < -0.3 is 4.74 Å². The van der Waals surface area contributed by atoms with E-state index in [1.807, 2.05) is 24.3 Å². The molecule has 122 valence electrons. The summed E-state index contributed by atoms with van der Waals surface area (Å²) in [7, 11) is 0. The molecule has 0 bridgehead atoms. The number of fused-ring (bicyclic) bond motifs is 3. The Balaban J connectivity index is 1.82. The lowest BCUT2D eigenvalue weighted by molar-refractivity contribution is 0.0549. The largest absolute Gasteiger partial charge is 0.448 e. The molecule has 0 saturated carbocycles. The number of carbonyl (C=O) groups is 1. The molecule has 0 N–H and O–H groups in total. The quantitative estimate of drug-likeness (QED) is 0.541. The number of esters is 1. The molecule has 3 aromatic rings. The van der Waals surface area contributed by atoms with E-state index >= 15 is 0 Å². The van der Waals surface area contributed by atoms with Crippen LogP contribution in [0.3, 0.4) is 0 Å². The van der Waals surface area contributed by atoms with Gasteiger partial charge in [0.25, 0.3) is 0 Å². The second-order valence-electron chi connectivity index (χ2n) is 6.23. The minimum atomic E-state index is -0.436. The molecule has 0 radical (unpaired) electrons. The Morgan fingerprint density at radius 3 is 2.60 bits per heavy atom. The van der Waals surface area contributed by atoms with E-state index in [-0.39, 0.29) is 6.61 Å². The second kappa shape index (κ2) is 6.41. The minimum Gasteiger partial charge on any atom is -0.448 e. The Labute approximate surface area is 146 Å². The summed E-state index contributed by atoms with van der Waals surface area (Å²) in [6, 6.07) is 18.4. The number of rotatable bonds is 3. The van der Waals surface area contributed by atoms with Crippen LogP contribution in [0, 0.1) is 12.3 Å². The smallest absolute Gasteiger partial charge is 0.358 e. The van der Waals surface area contributed by atoms with Gasteiger partial charge in [0.2, 0.25) is 0 Å². The monoisotopic (exact) mass is 327 g/mol. The van der Waals surface area contributed by atoms with Crippen LogP contribution in [-0.2, 0) is 17.6 Å². The predicted molar refractivity (Wildman–Crippen MR) is 97.4 cm³/mol. The predicted octanol–water partition coefficient (Wildman–Crippen LogP) is 3.91. The highest BCUT2D eigenvalue weighted by atomic mass is 16.5. The summed E-state index contributed by atoms with van der Waals surface area (Å²) in [6.07, 6.45) is 6.90. The number of benzene rings is 2. The molecule has 3 heteroatoms. The van der Waals surface area contributed by atoms with E-state index in [9.17, 15) is 4.79 Å². The number of nitrogens with zero attached hydrogens (tertiary/aromatic N) is 1. The van der Waals surface area contributed by atoms with Gasteiger partial charge in [-0.15, -0.1) is 6.42 Å². The van der Waals surface area contributed by atoms with Crippen molar-refractivity contribution in [3.8, 4) is 12.3 Å². The average molecular weight is 327 g/mol. The van der Waals surface area contributed by atoms with Gasteiger partial charge in [-0.2, -0.15) is 0 Å². The zero-order chi connectivity index (χ0) is 17.2. The summed E-state index contributed by atoms with van der Waals surface area (Å²) < 4.78 is 5.15. The van der Waals surface area contributed by atoms with Crippen molar-refractivity contribution < 1.29 is 9.53 Å². The average Bonchev–Trinajstić information content (AvgIpc) is 3.12. The van der Waals surface area contributed by atoms with Crippen LogP contribution < -0.4 is 0 Å². The third kappa shape index (κ3) is 2.77. The number of para-hydroxylation sites is 1. The van der Waals surface area contributed by atoms with Gasteiger partial charge in [0.1, 0.15) is 0 Å². The van der Waals surface area contributed by atoms with E-state index in [4.69, 9.17) is 11.2 Å². The normalized spacial score (nSPS) is 15.6. The highest BCUT2D eigenvalue weighted by molar-refractivity contribution is 5.95. The highest BCUT2D eigenvalue weighted by Gasteiger charge is 2.30. The zero-order valence-corrected chi connectivity index (χ0v) is 13.7. The second-order valence-corrected chi connectivity index (χ2v) is 6.23. The molecule has 1 aromatic heterocycles. The van der Waals surface area contributed by atoms with Gasteiger partial charge in [0.05, 0.1) is 5.52 Å². The van der Waals surface area contributed by atoms with Gasteiger partial charge in [0.15, 0.2) is 12.3 Å². The fourth-order valence-corrected chi connectivity index (χ4v) is 3.64. The van der Waals surface area contributed by atoms with Crippen LogP contribution in [0.5, 0.6) is 0 Å². The first-order valence-electron chi connectivity index (χ1n) is 8.34. The van der Waals surface area contributed by atoms with E-state index < -0.39 is 5.97 Å². The highest BCUT2D eigenvalue weighted by Crippen LogP contribution is 2.39. The molecule has 1 aliphatic rings. The Morgan fingerprint density at radius 2 is 1.80 bits per heavy atom. The van der Waals surface area contributed by atoms with Crippen LogP contribution >= 0.6 is 0 Å². The Bertz CT molecular complexity index is 986. The SMILES string of the molecule is C#CCOC(=O)c1nc2ccccc2c2c1C[C@H](c1ccccc1)C2. The van der Waals surface area contributed by atoms with Crippen molar-refractivity contribution in [2.24, 2.45) is 0 Å². The number of hydrogen-bond acceptors (Lipinski definition) is 3. The lowest BCUT2D eigenvalue weighted by Gasteiger charge is -2.10. The van der Waals surface area contributed by atoms with Crippen LogP contribution in [0.1, 0.15) is 33.1 Å². The molecular weight excluding hydrogens is 310 g/mol. The molecular formula is C22H17NO2. The molecule has 0 aliphatic heterocycles. The van der Waals surface area contributed by atoms with E-state index in [1.54, 1.807) is 0 Å². The number of carbonyl (C=O) groups excluding carboxylic acids is 1. The van der Waals surface area contributed by atoms with E-state index in [0.29, 0.717) is 11.6 Å². The van der Waals surface area contributed by atoms with Gasteiger partial charge in [-0.25, -0.2) is 9.78 Å². The summed E-state index contributed by atoms with van der Waals surface area (Å²) in [4.78, 5) is 17.1. The molecule has 3 nitrogen and oxygen atoms in total. The fourth-order valence-electron chi connectivity index (χ4n) is 3.64. The maximum absolute atomic E-state index is 12.5. The van der Waals surface area contributed by atoms with Gasteiger partial charge >= 0.3 is 5.97 Å². The van der Waals surface area contributed by atoms with Crippen molar-refractivity contribution in [1.82, 2.24) is 4.98 Å². The number of aromatic nitrogens is 1. The molecule has 0 spiro atoms. The molecule has 1 aliphatic carbocycles. The van der Waals surface area contributed by atoms with Gasteiger partial charge in [-0.3, -0.25) is 0 Å². The number of pyridine rings is 1. The molecule has 0 saturated heterocycles. The van der Waals surface area contributed by atoms with Crippen molar-refractivity contribution >= 4 is 16.9 Å². The summed E-state index contributed by atoms with van der Waals surface area (Å²) >= 11 is 0. The van der Waals surface area contributed by atoms with Gasteiger partial charge in [-0.05, 0) is 41.5 Å². The van der Waals surface area contributed by atoms with Crippen molar-refractivity contribution in [3.63, 3.8) is 0 Å². The maximum Gasteiger partial charge on any atom is 0.358 e. The van der Waals surface area contributed by atoms with Crippen LogP contribution in [0.15, 0.2) is 54.6 Å². The van der Waals surface area contributed by atoms with Gasteiger partial charge in [0, 0.05) is 5.39 Å². The third-order valence-corrected chi connectivity index (χ3v) is 4.76. The summed E-state index contributed by atoms with van der Waals surface area (Å²) in [5.41, 5.74) is 4.71. The van der Waals surface area contributed by atoms with Crippen LogP contribution in [0.2, 0.25) is 0 Å². The van der Waals surface area contributed by atoms with Crippen LogP contribution in [0.4, 0.5) is 0 Å². The van der Waals surface area contributed by atoms with Crippen molar-refractivity contribution in [3.05, 3.63) is 77.0 Å². The molecule has 0 unspecified atom stereocenters. The third-order valence-electron chi connectivity index (χ3n) is 4.76. The zero-order valence-electron chi connectivity index (χ0n) is 13.7. The van der Waals surface area contributed by atoms with E-state index in [2.05, 4.69) is 41.2 Å². The van der Waals surface area contributed by atoms with Crippen molar-refractivity contribution in [2.75, 3.05) is 6.61 Å². The van der Waals surface area contributed by atoms with Crippen LogP contribution in [0.25, 0.3) is 10.9 Å². The first-order valence-corrected chi connectivity index (χ1v) is 8.34. The number of hydrogen-bond donors (Lipinski definition) is 0. The summed E-state index contributed by atoms with van der Waals surface area (Å²) in [5, 5.41) is 1.12. The maximum atomic E-state index is 12.5.